The van der Waals surface area contributed by atoms with Crippen molar-refractivity contribution in [1.82, 2.24) is 4.31 Å². The molecule has 98 valence electrons. The van der Waals surface area contributed by atoms with Crippen LogP contribution in [-0.4, -0.2) is 40.8 Å². The maximum atomic E-state index is 8.84. The largest absolute Gasteiger partial charge is 0.395 e. The molecule has 0 saturated heterocycles. The number of hydrogen-bond acceptors (Lipinski definition) is 4. The molecular weight excluding hydrogens is 302 g/mol. The summed E-state index contributed by atoms with van der Waals surface area (Å²) < 4.78 is 2.98. The number of hydrogen-bond donors (Lipinski definition) is 2. The summed E-state index contributed by atoms with van der Waals surface area (Å²) in [4.78, 5) is 1.10. The zero-order chi connectivity index (χ0) is 13.1. The topological polar surface area (TPSA) is 43.7 Å². The van der Waals surface area contributed by atoms with E-state index < -0.39 is 0 Å². The molecule has 0 aliphatic carbocycles. The fourth-order valence-corrected chi connectivity index (χ4v) is 2.24. The Hall–Kier alpha value is -0.0700. The smallest absolute Gasteiger partial charge is 0.0568 e. The molecule has 0 radical (unpaired) electrons. The van der Waals surface area contributed by atoms with Crippen molar-refractivity contribution in [2.45, 2.75) is 18.7 Å². The molecule has 3 nitrogen and oxygen atoms in total. The minimum absolute atomic E-state index is 0.101. The van der Waals surface area contributed by atoms with Crippen LogP contribution in [0.2, 0.25) is 0 Å². The van der Waals surface area contributed by atoms with Gasteiger partial charge in [-0.1, -0.05) is 29.8 Å². The number of aliphatic hydroxyl groups excluding tert-OH is 2. The van der Waals surface area contributed by atoms with Gasteiger partial charge in [0.25, 0.3) is 0 Å². The Bertz CT molecular complexity index is 276. The van der Waals surface area contributed by atoms with Gasteiger partial charge in [-0.25, -0.2) is 4.31 Å². The summed E-state index contributed by atoms with van der Waals surface area (Å²) in [6.07, 6.45) is 0. The highest BCUT2D eigenvalue weighted by Crippen LogP contribution is 2.23. The predicted molar refractivity (Wildman–Crippen MR) is 77.1 cm³/mol. The highest BCUT2D eigenvalue weighted by molar-refractivity contribution is 9.10. The molecule has 0 atom stereocenters. The van der Waals surface area contributed by atoms with Crippen molar-refractivity contribution in [3.63, 3.8) is 0 Å². The highest BCUT2D eigenvalue weighted by atomic mass is 79.9. The SMILES string of the molecule is CC.OCCN(CCO)Sc1ccc(Br)cc1. The third-order valence-corrected chi connectivity index (χ3v) is 3.38. The molecule has 1 aromatic carbocycles. The van der Waals surface area contributed by atoms with Crippen LogP contribution in [0, 0.1) is 0 Å². The van der Waals surface area contributed by atoms with Crippen LogP contribution in [0.15, 0.2) is 33.6 Å². The maximum absolute atomic E-state index is 8.84. The van der Waals surface area contributed by atoms with Crippen LogP contribution in [0.1, 0.15) is 13.8 Å². The first kappa shape index (κ1) is 16.9. The number of rotatable bonds is 6. The molecular formula is C12H20BrNO2S. The van der Waals surface area contributed by atoms with Gasteiger partial charge in [-0.3, -0.25) is 0 Å². The van der Waals surface area contributed by atoms with Gasteiger partial charge < -0.3 is 10.2 Å². The van der Waals surface area contributed by atoms with E-state index in [9.17, 15) is 0 Å². The maximum Gasteiger partial charge on any atom is 0.0568 e. The van der Waals surface area contributed by atoms with E-state index in [-0.39, 0.29) is 13.2 Å². The van der Waals surface area contributed by atoms with Crippen LogP contribution in [0.3, 0.4) is 0 Å². The van der Waals surface area contributed by atoms with E-state index in [4.69, 9.17) is 10.2 Å². The summed E-state index contributed by atoms with van der Waals surface area (Å²) in [7, 11) is 0. The Labute approximate surface area is 116 Å². The molecule has 1 aromatic rings. The third kappa shape index (κ3) is 7.78. The molecule has 0 aromatic heterocycles. The van der Waals surface area contributed by atoms with E-state index in [0.717, 1.165) is 9.37 Å². The Morgan fingerprint density at radius 3 is 1.94 bits per heavy atom. The van der Waals surface area contributed by atoms with E-state index in [2.05, 4.69) is 15.9 Å². The second-order valence-corrected chi connectivity index (χ2v) is 5.01. The fraction of sp³-hybridized carbons (Fsp3) is 0.500. The number of benzene rings is 1. The lowest BCUT2D eigenvalue weighted by atomic mass is 10.4. The summed E-state index contributed by atoms with van der Waals surface area (Å²) in [6, 6.07) is 7.93. The van der Waals surface area contributed by atoms with Gasteiger partial charge >= 0.3 is 0 Å². The monoisotopic (exact) mass is 321 g/mol. The second-order valence-electron chi connectivity index (χ2n) is 2.92. The van der Waals surface area contributed by atoms with Crippen molar-refractivity contribution in [3.05, 3.63) is 28.7 Å². The van der Waals surface area contributed by atoms with Gasteiger partial charge in [0.1, 0.15) is 0 Å². The first-order valence-corrected chi connectivity index (χ1v) is 7.23. The Morgan fingerprint density at radius 1 is 1.06 bits per heavy atom. The van der Waals surface area contributed by atoms with E-state index in [1.165, 1.54) is 11.9 Å². The number of halogens is 1. The van der Waals surface area contributed by atoms with Crippen molar-refractivity contribution < 1.29 is 10.2 Å². The average molecular weight is 322 g/mol. The van der Waals surface area contributed by atoms with Gasteiger partial charge in [-0.05, 0) is 36.2 Å². The van der Waals surface area contributed by atoms with E-state index in [0.29, 0.717) is 13.1 Å². The first-order chi connectivity index (χ1) is 8.26. The zero-order valence-corrected chi connectivity index (χ0v) is 12.7. The molecule has 0 fully saturated rings. The van der Waals surface area contributed by atoms with Crippen LogP contribution >= 0.6 is 27.9 Å². The summed E-state index contributed by atoms with van der Waals surface area (Å²) in [6.45, 7) is 5.32. The van der Waals surface area contributed by atoms with Crippen LogP contribution in [0.4, 0.5) is 0 Å². The van der Waals surface area contributed by atoms with Crippen LogP contribution in [-0.2, 0) is 0 Å². The molecule has 0 bridgehead atoms. The zero-order valence-electron chi connectivity index (χ0n) is 10.3. The predicted octanol–water partition coefficient (Wildman–Crippen LogP) is 2.77. The molecule has 0 unspecified atom stereocenters. The van der Waals surface area contributed by atoms with E-state index in [1.807, 2.05) is 42.4 Å². The molecule has 0 saturated carbocycles. The molecule has 0 aliphatic heterocycles. The standard InChI is InChI=1S/C10H14BrNO2S.C2H6/c11-9-1-3-10(4-2-9)15-12(5-7-13)6-8-14;1-2/h1-4,13-14H,5-8H2;1-2H3. The van der Waals surface area contributed by atoms with Crippen molar-refractivity contribution in [1.29, 1.82) is 0 Å². The Balaban J connectivity index is 0.00000121. The molecule has 2 N–H and O–H groups in total. The minimum Gasteiger partial charge on any atom is -0.395 e. The lowest BCUT2D eigenvalue weighted by Crippen LogP contribution is -2.22. The minimum atomic E-state index is 0.101. The summed E-state index contributed by atoms with van der Waals surface area (Å²) >= 11 is 4.91. The van der Waals surface area contributed by atoms with Gasteiger partial charge in [0, 0.05) is 22.5 Å². The number of aliphatic hydroxyl groups is 2. The lowest BCUT2D eigenvalue weighted by molar-refractivity contribution is 0.226. The van der Waals surface area contributed by atoms with Crippen LogP contribution in [0.25, 0.3) is 0 Å². The van der Waals surface area contributed by atoms with E-state index in [1.54, 1.807) is 0 Å². The molecule has 0 amide bonds. The summed E-state index contributed by atoms with van der Waals surface area (Å²) in [5.74, 6) is 0. The summed E-state index contributed by atoms with van der Waals surface area (Å²) in [5.41, 5.74) is 0. The van der Waals surface area contributed by atoms with E-state index >= 15 is 0 Å². The van der Waals surface area contributed by atoms with Gasteiger partial charge in [0.05, 0.1) is 13.2 Å². The van der Waals surface area contributed by atoms with Gasteiger partial charge in [-0.2, -0.15) is 0 Å². The second kappa shape index (κ2) is 11.0. The van der Waals surface area contributed by atoms with Crippen LogP contribution in [0.5, 0.6) is 0 Å². The van der Waals surface area contributed by atoms with Gasteiger partial charge in [0.15, 0.2) is 0 Å². The average Bonchev–Trinajstić information content (AvgIpc) is 2.35. The molecule has 17 heavy (non-hydrogen) atoms. The molecule has 5 heteroatoms. The van der Waals surface area contributed by atoms with Crippen molar-refractivity contribution in [2.75, 3.05) is 26.3 Å². The molecule has 0 heterocycles. The van der Waals surface area contributed by atoms with Gasteiger partial charge in [0.2, 0.25) is 0 Å². The third-order valence-electron chi connectivity index (χ3n) is 1.75. The number of nitrogens with zero attached hydrogens (tertiary/aromatic N) is 1. The molecule has 1 rings (SSSR count). The highest BCUT2D eigenvalue weighted by Gasteiger charge is 2.05. The van der Waals surface area contributed by atoms with Crippen molar-refractivity contribution in [2.24, 2.45) is 0 Å². The van der Waals surface area contributed by atoms with Crippen LogP contribution < -0.4 is 0 Å². The molecule has 0 aliphatic rings. The quantitative estimate of drug-likeness (QED) is 0.791. The first-order valence-electron chi connectivity index (χ1n) is 5.66. The Morgan fingerprint density at radius 2 is 1.53 bits per heavy atom. The summed E-state index contributed by atoms with van der Waals surface area (Å²) in [5, 5.41) is 17.7. The van der Waals surface area contributed by atoms with Gasteiger partial charge in [-0.15, -0.1) is 0 Å². The van der Waals surface area contributed by atoms with Crippen molar-refractivity contribution >= 4 is 27.9 Å². The molecule has 0 spiro atoms. The Kier molecular flexibility index (Phi) is 11.0. The fourth-order valence-electron chi connectivity index (χ4n) is 1.07. The lowest BCUT2D eigenvalue weighted by Gasteiger charge is -2.18. The normalized spacial score (nSPS) is 10.0. The van der Waals surface area contributed by atoms with Crippen molar-refractivity contribution in [3.8, 4) is 0 Å².